The predicted octanol–water partition coefficient (Wildman–Crippen LogP) is 4.29. The molecule has 2 rings (SSSR count). The van der Waals surface area contributed by atoms with Crippen LogP contribution in [0.5, 0.6) is 0 Å². The molecule has 0 aromatic heterocycles. The van der Waals surface area contributed by atoms with E-state index in [4.69, 9.17) is 0 Å². The van der Waals surface area contributed by atoms with Gasteiger partial charge in [-0.05, 0) is 42.7 Å². The van der Waals surface area contributed by atoms with Gasteiger partial charge in [0.05, 0.1) is 0 Å². The third kappa shape index (κ3) is 2.62. The van der Waals surface area contributed by atoms with Gasteiger partial charge < -0.3 is 5.11 Å². The van der Waals surface area contributed by atoms with Gasteiger partial charge in [-0.3, -0.25) is 0 Å². The summed E-state index contributed by atoms with van der Waals surface area (Å²) in [6, 6.07) is 10.3. The minimum atomic E-state index is -0.750. The number of rotatable bonds is 2. The number of hydrogen-bond acceptors (Lipinski definition) is 1. The van der Waals surface area contributed by atoms with Crippen molar-refractivity contribution in [1.82, 2.24) is 0 Å². The summed E-state index contributed by atoms with van der Waals surface area (Å²) in [5.74, 6) is -0.321. The topological polar surface area (TPSA) is 20.2 Å². The quantitative estimate of drug-likeness (QED) is 0.877. The Morgan fingerprint density at radius 3 is 2.44 bits per heavy atom. The summed E-state index contributed by atoms with van der Waals surface area (Å²) in [6.07, 6.45) is -0.750. The lowest BCUT2D eigenvalue weighted by molar-refractivity contribution is 0.218. The van der Waals surface area contributed by atoms with Crippen molar-refractivity contribution in [3.63, 3.8) is 0 Å². The lowest BCUT2D eigenvalue weighted by Gasteiger charge is -2.16. The average Bonchev–Trinajstić information content (AvgIpc) is 2.31. The fraction of sp³-hybridized carbons (Fsp3) is 0.200. The van der Waals surface area contributed by atoms with Crippen molar-refractivity contribution in [2.24, 2.45) is 0 Å². The van der Waals surface area contributed by atoms with Crippen LogP contribution in [0.3, 0.4) is 0 Å². The number of aliphatic hydroxyl groups is 1. The Bertz CT molecular complexity index is 581. The molecule has 0 bridgehead atoms. The highest BCUT2D eigenvalue weighted by atomic mass is 79.9. The molecule has 0 saturated heterocycles. The highest BCUT2D eigenvalue weighted by Gasteiger charge is 2.16. The standard InChI is InChI=1S/C15H14BrFO/c1-9-3-4-10(2)13(7-9)15(18)12-6-5-11(17)8-14(12)16/h3-8,15,18H,1-2H3. The zero-order valence-electron chi connectivity index (χ0n) is 10.2. The Labute approximate surface area is 114 Å². The van der Waals surface area contributed by atoms with E-state index in [0.717, 1.165) is 16.7 Å². The van der Waals surface area contributed by atoms with Gasteiger partial charge in [0.1, 0.15) is 11.9 Å². The van der Waals surface area contributed by atoms with Crippen molar-refractivity contribution in [2.75, 3.05) is 0 Å². The number of hydrogen-bond donors (Lipinski definition) is 1. The number of aliphatic hydroxyl groups excluding tert-OH is 1. The zero-order valence-corrected chi connectivity index (χ0v) is 11.8. The predicted molar refractivity (Wildman–Crippen MR) is 74.1 cm³/mol. The molecule has 1 atom stereocenters. The average molecular weight is 309 g/mol. The van der Waals surface area contributed by atoms with E-state index < -0.39 is 6.10 Å². The van der Waals surface area contributed by atoms with Gasteiger partial charge in [0, 0.05) is 4.47 Å². The van der Waals surface area contributed by atoms with E-state index in [9.17, 15) is 9.50 Å². The van der Waals surface area contributed by atoms with E-state index in [1.54, 1.807) is 6.07 Å². The first-order valence-corrected chi connectivity index (χ1v) is 6.48. The van der Waals surface area contributed by atoms with E-state index in [0.29, 0.717) is 10.0 Å². The highest BCUT2D eigenvalue weighted by Crippen LogP contribution is 2.31. The van der Waals surface area contributed by atoms with Crippen LogP contribution in [0, 0.1) is 19.7 Å². The minimum absolute atomic E-state index is 0.321. The summed E-state index contributed by atoms with van der Waals surface area (Å²) in [5, 5.41) is 10.4. The van der Waals surface area contributed by atoms with Crippen LogP contribution in [0.25, 0.3) is 0 Å². The molecule has 0 spiro atoms. The SMILES string of the molecule is Cc1ccc(C)c(C(O)c2ccc(F)cc2Br)c1. The van der Waals surface area contributed by atoms with Crippen molar-refractivity contribution < 1.29 is 9.50 Å². The first-order valence-electron chi connectivity index (χ1n) is 5.69. The van der Waals surface area contributed by atoms with Gasteiger partial charge in [0.25, 0.3) is 0 Å². The fourth-order valence-corrected chi connectivity index (χ4v) is 2.51. The van der Waals surface area contributed by atoms with E-state index in [1.165, 1.54) is 12.1 Å². The Hall–Kier alpha value is -1.19. The first-order chi connectivity index (χ1) is 8.49. The van der Waals surface area contributed by atoms with Crippen molar-refractivity contribution in [1.29, 1.82) is 0 Å². The molecular weight excluding hydrogens is 295 g/mol. The van der Waals surface area contributed by atoms with Crippen LogP contribution in [-0.4, -0.2) is 5.11 Å². The van der Waals surface area contributed by atoms with Gasteiger partial charge in [0.2, 0.25) is 0 Å². The third-order valence-corrected chi connectivity index (χ3v) is 3.67. The normalized spacial score (nSPS) is 12.5. The second-order valence-corrected chi connectivity index (χ2v) is 5.28. The molecule has 1 nitrogen and oxygen atoms in total. The molecule has 0 heterocycles. The second kappa shape index (κ2) is 5.21. The number of benzene rings is 2. The molecule has 0 aliphatic rings. The van der Waals surface area contributed by atoms with Gasteiger partial charge >= 0.3 is 0 Å². The Morgan fingerprint density at radius 1 is 1.06 bits per heavy atom. The number of aryl methyl sites for hydroxylation is 2. The summed E-state index contributed by atoms with van der Waals surface area (Å²) in [7, 11) is 0. The van der Waals surface area contributed by atoms with Crippen LogP contribution in [0.2, 0.25) is 0 Å². The van der Waals surface area contributed by atoms with E-state index in [-0.39, 0.29) is 5.82 Å². The molecule has 1 N–H and O–H groups in total. The van der Waals surface area contributed by atoms with E-state index in [1.807, 2.05) is 32.0 Å². The molecule has 0 saturated carbocycles. The summed E-state index contributed by atoms with van der Waals surface area (Å²) < 4.78 is 13.6. The Kier molecular flexibility index (Phi) is 3.83. The Morgan fingerprint density at radius 2 is 1.78 bits per heavy atom. The summed E-state index contributed by atoms with van der Waals surface area (Å²) in [5.41, 5.74) is 3.63. The van der Waals surface area contributed by atoms with Crippen LogP contribution in [0.1, 0.15) is 28.4 Å². The van der Waals surface area contributed by atoms with Gasteiger partial charge in [-0.25, -0.2) is 4.39 Å². The van der Waals surface area contributed by atoms with Crippen molar-refractivity contribution >= 4 is 15.9 Å². The highest BCUT2D eigenvalue weighted by molar-refractivity contribution is 9.10. The number of halogens is 2. The lowest BCUT2D eigenvalue weighted by Crippen LogP contribution is -2.03. The maximum atomic E-state index is 13.0. The van der Waals surface area contributed by atoms with E-state index in [2.05, 4.69) is 15.9 Å². The van der Waals surface area contributed by atoms with Gasteiger partial charge in [0.15, 0.2) is 0 Å². The largest absolute Gasteiger partial charge is 0.384 e. The van der Waals surface area contributed by atoms with Crippen LogP contribution in [0.15, 0.2) is 40.9 Å². The van der Waals surface area contributed by atoms with Crippen molar-refractivity contribution in [2.45, 2.75) is 20.0 Å². The van der Waals surface area contributed by atoms with E-state index >= 15 is 0 Å². The summed E-state index contributed by atoms with van der Waals surface area (Å²) in [6.45, 7) is 3.94. The maximum Gasteiger partial charge on any atom is 0.124 e. The molecule has 0 fully saturated rings. The van der Waals surface area contributed by atoms with Crippen LogP contribution in [-0.2, 0) is 0 Å². The van der Waals surface area contributed by atoms with Crippen LogP contribution >= 0.6 is 15.9 Å². The van der Waals surface area contributed by atoms with Crippen LogP contribution < -0.4 is 0 Å². The first kappa shape index (κ1) is 13.2. The molecule has 2 aromatic carbocycles. The van der Waals surface area contributed by atoms with Crippen molar-refractivity contribution in [3.8, 4) is 0 Å². The molecule has 0 aliphatic carbocycles. The maximum absolute atomic E-state index is 13.0. The molecule has 2 aromatic rings. The summed E-state index contributed by atoms with van der Waals surface area (Å²) >= 11 is 3.29. The Balaban J connectivity index is 2.47. The molecule has 1 unspecified atom stereocenters. The van der Waals surface area contributed by atoms with Gasteiger partial charge in [-0.15, -0.1) is 0 Å². The molecule has 3 heteroatoms. The summed E-state index contributed by atoms with van der Waals surface area (Å²) in [4.78, 5) is 0. The molecule has 0 radical (unpaired) electrons. The zero-order chi connectivity index (χ0) is 13.3. The molecule has 94 valence electrons. The fourth-order valence-electron chi connectivity index (χ4n) is 1.95. The van der Waals surface area contributed by atoms with Crippen LogP contribution in [0.4, 0.5) is 4.39 Å². The van der Waals surface area contributed by atoms with Gasteiger partial charge in [-0.1, -0.05) is 45.8 Å². The molecule has 0 aliphatic heterocycles. The monoisotopic (exact) mass is 308 g/mol. The second-order valence-electron chi connectivity index (χ2n) is 4.43. The molecule has 0 amide bonds. The third-order valence-electron chi connectivity index (χ3n) is 2.99. The van der Waals surface area contributed by atoms with Crippen molar-refractivity contribution in [3.05, 3.63) is 68.9 Å². The molecule has 18 heavy (non-hydrogen) atoms. The van der Waals surface area contributed by atoms with Gasteiger partial charge in [-0.2, -0.15) is 0 Å². The minimum Gasteiger partial charge on any atom is -0.384 e. The lowest BCUT2D eigenvalue weighted by atomic mass is 9.96. The molecular formula is C15H14BrFO. The smallest absolute Gasteiger partial charge is 0.124 e.